The molecule has 0 fully saturated rings. The van der Waals surface area contributed by atoms with Crippen LogP contribution >= 0.6 is 0 Å². The third kappa shape index (κ3) is 6.68. The zero-order valence-corrected chi connectivity index (χ0v) is 37.9. The Balaban J connectivity index is 1.03. The average Bonchev–Trinajstić information content (AvgIpc) is 3.85. The summed E-state index contributed by atoms with van der Waals surface area (Å²) >= 11 is 0. The molecule has 4 heteroatoms. The number of furan rings is 2. The second kappa shape index (κ2) is 15.2. The number of hydrogen-bond donors (Lipinski definition) is 0. The Bertz CT molecular complexity index is 3330. The Morgan fingerprint density at radius 3 is 1.03 bits per heavy atom. The van der Waals surface area contributed by atoms with Crippen LogP contribution in [-0.4, -0.2) is 0 Å². The summed E-state index contributed by atoms with van der Waals surface area (Å²) in [6.07, 6.45) is 0. The number of nitrogens with zero attached hydrogens (tertiary/aromatic N) is 2. The summed E-state index contributed by atoms with van der Waals surface area (Å²) < 4.78 is 13.6. The van der Waals surface area contributed by atoms with Gasteiger partial charge < -0.3 is 18.6 Å². The lowest BCUT2D eigenvalue weighted by molar-refractivity contribution is 0.666. The fourth-order valence-electron chi connectivity index (χ4n) is 10.0. The van der Waals surface area contributed by atoms with E-state index in [4.69, 9.17) is 8.83 Å². The summed E-state index contributed by atoms with van der Waals surface area (Å²) in [6.45, 7) is 17.6. The number of aryl methyl sites for hydroxylation is 4. The largest absolute Gasteiger partial charge is 0.455 e. The number of fused-ring (bicyclic) bond motifs is 11. The Kier molecular flexibility index (Phi) is 9.39. The number of rotatable bonds is 8. The van der Waals surface area contributed by atoms with E-state index in [9.17, 15) is 0 Å². The molecule has 0 aliphatic rings. The summed E-state index contributed by atoms with van der Waals surface area (Å²) in [7, 11) is 0. The summed E-state index contributed by atoms with van der Waals surface area (Å²) in [4.78, 5) is 4.73. The maximum atomic E-state index is 6.82. The molecule has 9 aromatic carbocycles. The van der Waals surface area contributed by atoms with Gasteiger partial charge in [-0.2, -0.15) is 0 Å². The predicted octanol–water partition coefficient (Wildman–Crippen LogP) is 18.2. The van der Waals surface area contributed by atoms with Crippen LogP contribution in [0.25, 0.3) is 65.4 Å². The van der Waals surface area contributed by atoms with E-state index in [1.165, 1.54) is 33.4 Å². The van der Waals surface area contributed by atoms with Gasteiger partial charge in [0.25, 0.3) is 0 Å². The van der Waals surface area contributed by atoms with Crippen LogP contribution in [0.3, 0.4) is 0 Å². The van der Waals surface area contributed by atoms with Crippen LogP contribution in [0.5, 0.6) is 0 Å². The number of anilines is 6. The Morgan fingerprint density at radius 1 is 0.328 bits per heavy atom. The number of benzene rings is 9. The minimum atomic E-state index is 0.466. The fourth-order valence-corrected chi connectivity index (χ4v) is 10.0. The van der Waals surface area contributed by atoms with Gasteiger partial charge in [0.05, 0.1) is 0 Å². The molecule has 314 valence electrons. The lowest BCUT2D eigenvalue weighted by atomic mass is 10.00. The van der Waals surface area contributed by atoms with Crippen molar-refractivity contribution in [1.82, 2.24) is 0 Å². The molecule has 2 aromatic heterocycles. The fraction of sp³-hybridized carbons (Fsp3) is 0.167. The standard InChI is InChI=1S/C60H52N2O2/c1-35(2)41-9-15-45(16-10-41)61(49-29-37(5)27-38(6)30-49)47-19-23-51-43(33-47)13-21-53-57-55(63-59(51)53)25-26-56-58(57)54-22-14-44-34-48(20-24-52(44)60(54)64-56)62(50-31-39(7)28-40(8)32-50)46-17-11-42(12-18-46)36(3)4/h9-36H,1-8H3. The van der Waals surface area contributed by atoms with Crippen molar-refractivity contribution < 1.29 is 8.83 Å². The quantitative estimate of drug-likeness (QED) is 0.153. The number of hydrogen-bond acceptors (Lipinski definition) is 4. The molecule has 0 saturated carbocycles. The van der Waals surface area contributed by atoms with Crippen molar-refractivity contribution in [1.29, 1.82) is 0 Å². The third-order valence-corrected chi connectivity index (χ3v) is 13.1. The first-order valence-electron chi connectivity index (χ1n) is 22.6. The van der Waals surface area contributed by atoms with E-state index in [0.29, 0.717) is 11.8 Å². The van der Waals surface area contributed by atoms with Gasteiger partial charge in [-0.05, 0) is 193 Å². The van der Waals surface area contributed by atoms with Gasteiger partial charge in [-0.1, -0.05) is 76.2 Å². The molecule has 11 aromatic rings. The van der Waals surface area contributed by atoms with Crippen LogP contribution in [0.15, 0.2) is 167 Å². The van der Waals surface area contributed by atoms with Gasteiger partial charge in [-0.25, -0.2) is 0 Å². The smallest absolute Gasteiger partial charge is 0.143 e. The topological polar surface area (TPSA) is 32.8 Å². The monoisotopic (exact) mass is 832 g/mol. The second-order valence-corrected chi connectivity index (χ2v) is 18.6. The molecule has 0 aliphatic heterocycles. The van der Waals surface area contributed by atoms with E-state index in [0.717, 1.165) is 99.5 Å². The van der Waals surface area contributed by atoms with Gasteiger partial charge in [0, 0.05) is 66.4 Å². The summed E-state index contributed by atoms with van der Waals surface area (Å²) in [5, 5.41) is 8.75. The zero-order valence-electron chi connectivity index (χ0n) is 37.9. The first kappa shape index (κ1) is 39.5. The van der Waals surface area contributed by atoms with Gasteiger partial charge >= 0.3 is 0 Å². The minimum absolute atomic E-state index is 0.466. The average molecular weight is 833 g/mol. The molecule has 0 N–H and O–H groups in total. The molecule has 0 radical (unpaired) electrons. The van der Waals surface area contributed by atoms with Crippen LogP contribution < -0.4 is 9.80 Å². The molecule has 0 spiro atoms. The van der Waals surface area contributed by atoms with Crippen molar-refractivity contribution in [2.75, 3.05) is 9.80 Å². The summed E-state index contributed by atoms with van der Waals surface area (Å²) in [5.74, 6) is 0.933. The Morgan fingerprint density at radius 2 is 0.672 bits per heavy atom. The summed E-state index contributed by atoms with van der Waals surface area (Å²) in [5.41, 5.74) is 17.9. The lowest BCUT2D eigenvalue weighted by Crippen LogP contribution is -2.10. The van der Waals surface area contributed by atoms with Crippen molar-refractivity contribution in [2.24, 2.45) is 0 Å². The Hall–Kier alpha value is -7.30. The molecule has 2 heterocycles. The molecule has 0 aliphatic carbocycles. The highest BCUT2D eigenvalue weighted by molar-refractivity contribution is 6.30. The van der Waals surface area contributed by atoms with E-state index in [1.54, 1.807) is 0 Å². The van der Waals surface area contributed by atoms with Crippen LogP contribution in [0.2, 0.25) is 0 Å². The van der Waals surface area contributed by atoms with E-state index in [2.05, 4.69) is 223 Å². The van der Waals surface area contributed by atoms with Gasteiger partial charge in [0.1, 0.15) is 22.3 Å². The highest BCUT2D eigenvalue weighted by atomic mass is 16.3. The molecule has 0 bridgehead atoms. The maximum absolute atomic E-state index is 6.82. The second-order valence-electron chi connectivity index (χ2n) is 18.6. The molecule has 0 atom stereocenters. The molecule has 0 saturated heterocycles. The highest BCUT2D eigenvalue weighted by Crippen LogP contribution is 2.46. The predicted molar refractivity (Wildman–Crippen MR) is 273 cm³/mol. The molecule has 11 rings (SSSR count). The molecule has 0 amide bonds. The summed E-state index contributed by atoms with van der Waals surface area (Å²) in [6, 6.07) is 58.1. The van der Waals surface area contributed by atoms with Crippen molar-refractivity contribution >= 4 is 99.5 Å². The van der Waals surface area contributed by atoms with E-state index < -0.39 is 0 Å². The first-order valence-corrected chi connectivity index (χ1v) is 22.6. The third-order valence-electron chi connectivity index (χ3n) is 13.1. The van der Waals surface area contributed by atoms with Crippen LogP contribution in [-0.2, 0) is 0 Å². The van der Waals surface area contributed by atoms with Gasteiger partial charge in [-0.15, -0.1) is 0 Å². The van der Waals surface area contributed by atoms with E-state index in [1.807, 2.05) is 0 Å². The lowest BCUT2D eigenvalue weighted by Gasteiger charge is -2.27. The highest BCUT2D eigenvalue weighted by Gasteiger charge is 2.22. The molecular weight excluding hydrogens is 781 g/mol. The first-order chi connectivity index (χ1) is 31.0. The maximum Gasteiger partial charge on any atom is 0.143 e. The van der Waals surface area contributed by atoms with E-state index in [-0.39, 0.29) is 0 Å². The zero-order chi connectivity index (χ0) is 44.0. The van der Waals surface area contributed by atoms with Crippen LogP contribution in [0, 0.1) is 27.7 Å². The van der Waals surface area contributed by atoms with Gasteiger partial charge in [0.2, 0.25) is 0 Å². The van der Waals surface area contributed by atoms with Crippen molar-refractivity contribution in [2.45, 2.75) is 67.2 Å². The molecule has 64 heavy (non-hydrogen) atoms. The molecular formula is C60H52N2O2. The van der Waals surface area contributed by atoms with Crippen molar-refractivity contribution in [3.05, 3.63) is 191 Å². The SMILES string of the molecule is Cc1cc(C)cc(N(c2ccc(C(C)C)cc2)c2ccc3c(ccc4c3oc3ccc5oc6c7ccc(N(c8ccc(C(C)C)cc8)c8cc(C)cc(C)c8)cc7ccc6c5c34)c2)c1. The van der Waals surface area contributed by atoms with Crippen LogP contribution in [0.4, 0.5) is 34.1 Å². The normalized spacial score (nSPS) is 12.0. The van der Waals surface area contributed by atoms with Gasteiger partial charge in [-0.3, -0.25) is 0 Å². The van der Waals surface area contributed by atoms with Crippen molar-refractivity contribution in [3.63, 3.8) is 0 Å². The van der Waals surface area contributed by atoms with Crippen molar-refractivity contribution in [3.8, 4) is 0 Å². The van der Waals surface area contributed by atoms with Gasteiger partial charge in [0.15, 0.2) is 0 Å². The van der Waals surface area contributed by atoms with E-state index >= 15 is 0 Å². The Labute approximate surface area is 375 Å². The molecule has 0 unspecified atom stereocenters. The minimum Gasteiger partial charge on any atom is -0.455 e. The van der Waals surface area contributed by atoms with Crippen LogP contribution in [0.1, 0.15) is 72.9 Å². The molecule has 4 nitrogen and oxygen atoms in total.